The predicted octanol–water partition coefficient (Wildman–Crippen LogP) is 4.64. The summed E-state index contributed by atoms with van der Waals surface area (Å²) in [6.45, 7) is 2.10. The lowest BCUT2D eigenvalue weighted by atomic mass is 10.1. The van der Waals surface area contributed by atoms with Crippen molar-refractivity contribution in [3.8, 4) is 0 Å². The van der Waals surface area contributed by atoms with Crippen LogP contribution in [0.15, 0.2) is 72.9 Å². The molecule has 120 valence electrons. The molecule has 1 amide bonds. The zero-order valence-corrected chi connectivity index (χ0v) is 13.5. The highest BCUT2D eigenvalue weighted by molar-refractivity contribution is 6.02. The Hall–Kier alpha value is -3.14. The van der Waals surface area contributed by atoms with Gasteiger partial charge in [0.05, 0.1) is 11.9 Å². The van der Waals surface area contributed by atoms with Crippen LogP contribution < -0.4 is 10.6 Å². The quantitative estimate of drug-likeness (QED) is 0.721. The van der Waals surface area contributed by atoms with Crippen molar-refractivity contribution in [1.29, 1.82) is 0 Å². The van der Waals surface area contributed by atoms with Crippen LogP contribution in [-0.2, 0) is 6.42 Å². The molecule has 1 heterocycles. The first-order valence-corrected chi connectivity index (χ1v) is 7.93. The van der Waals surface area contributed by atoms with Gasteiger partial charge in [0.1, 0.15) is 5.69 Å². The van der Waals surface area contributed by atoms with Crippen LogP contribution in [0.5, 0.6) is 0 Å². The van der Waals surface area contributed by atoms with Gasteiger partial charge in [-0.05, 0) is 48.4 Å². The summed E-state index contributed by atoms with van der Waals surface area (Å²) >= 11 is 0. The summed E-state index contributed by atoms with van der Waals surface area (Å²) in [5, 5.41) is 6.10. The molecule has 3 aromatic rings. The molecule has 2 aromatic carbocycles. The number of para-hydroxylation sites is 1. The van der Waals surface area contributed by atoms with Crippen molar-refractivity contribution in [2.75, 3.05) is 10.6 Å². The second kappa shape index (κ2) is 7.42. The van der Waals surface area contributed by atoms with Gasteiger partial charge < -0.3 is 10.6 Å². The Labute approximate surface area is 141 Å². The molecule has 0 spiro atoms. The Morgan fingerprint density at radius 3 is 2.21 bits per heavy atom. The second-order valence-electron chi connectivity index (χ2n) is 5.43. The molecule has 0 saturated heterocycles. The molecule has 0 bridgehead atoms. The molecule has 0 aliphatic carbocycles. The van der Waals surface area contributed by atoms with E-state index in [1.165, 1.54) is 5.56 Å². The highest BCUT2D eigenvalue weighted by atomic mass is 16.1. The van der Waals surface area contributed by atoms with Gasteiger partial charge in [-0.1, -0.05) is 37.3 Å². The minimum atomic E-state index is -0.217. The summed E-state index contributed by atoms with van der Waals surface area (Å²) in [4.78, 5) is 16.5. The van der Waals surface area contributed by atoms with E-state index in [0.29, 0.717) is 5.69 Å². The minimum Gasteiger partial charge on any atom is -0.354 e. The zero-order valence-electron chi connectivity index (χ0n) is 13.5. The van der Waals surface area contributed by atoms with E-state index in [1.54, 1.807) is 12.3 Å². The highest BCUT2D eigenvalue weighted by Gasteiger charge is 2.07. The second-order valence-corrected chi connectivity index (χ2v) is 5.43. The number of rotatable bonds is 5. The molecule has 1 aromatic heterocycles. The van der Waals surface area contributed by atoms with Gasteiger partial charge in [0.15, 0.2) is 0 Å². The Bertz CT molecular complexity index is 797. The van der Waals surface area contributed by atoms with Crippen LogP contribution in [0.2, 0.25) is 0 Å². The number of aromatic nitrogens is 1. The standard InChI is InChI=1S/C20H19N3O/c1-2-15-8-10-17(11-9-15)23-20(24)19-13-12-18(14-21-19)22-16-6-4-3-5-7-16/h3-14,22H,2H2,1H3,(H,23,24). The van der Waals surface area contributed by atoms with E-state index in [0.717, 1.165) is 23.5 Å². The maximum absolute atomic E-state index is 12.2. The largest absolute Gasteiger partial charge is 0.354 e. The third kappa shape index (κ3) is 3.98. The number of amides is 1. The van der Waals surface area contributed by atoms with Gasteiger partial charge in [0.2, 0.25) is 0 Å². The van der Waals surface area contributed by atoms with Crippen LogP contribution in [0.4, 0.5) is 17.1 Å². The van der Waals surface area contributed by atoms with Crippen molar-refractivity contribution in [2.24, 2.45) is 0 Å². The van der Waals surface area contributed by atoms with Crippen molar-refractivity contribution >= 4 is 23.0 Å². The number of anilines is 3. The van der Waals surface area contributed by atoms with Gasteiger partial charge in [-0.25, -0.2) is 4.98 Å². The van der Waals surface area contributed by atoms with Crippen molar-refractivity contribution in [2.45, 2.75) is 13.3 Å². The monoisotopic (exact) mass is 317 g/mol. The number of benzene rings is 2. The van der Waals surface area contributed by atoms with Gasteiger partial charge in [0, 0.05) is 11.4 Å². The fraction of sp³-hybridized carbons (Fsp3) is 0.100. The first kappa shape index (κ1) is 15.7. The maximum Gasteiger partial charge on any atom is 0.274 e. The van der Waals surface area contributed by atoms with E-state index in [-0.39, 0.29) is 5.91 Å². The fourth-order valence-electron chi connectivity index (χ4n) is 2.31. The average Bonchev–Trinajstić information content (AvgIpc) is 2.64. The van der Waals surface area contributed by atoms with Crippen LogP contribution in [0.25, 0.3) is 0 Å². The molecular formula is C20H19N3O. The first-order chi connectivity index (χ1) is 11.7. The summed E-state index contributed by atoms with van der Waals surface area (Å²) < 4.78 is 0. The SMILES string of the molecule is CCc1ccc(NC(=O)c2ccc(Nc3ccccc3)cn2)cc1. The van der Waals surface area contributed by atoms with E-state index in [4.69, 9.17) is 0 Å². The van der Waals surface area contributed by atoms with E-state index < -0.39 is 0 Å². The lowest BCUT2D eigenvalue weighted by Gasteiger charge is -2.08. The number of pyridine rings is 1. The molecule has 24 heavy (non-hydrogen) atoms. The lowest BCUT2D eigenvalue weighted by molar-refractivity contribution is 0.102. The number of carbonyl (C=O) groups is 1. The Kier molecular flexibility index (Phi) is 4.87. The van der Waals surface area contributed by atoms with Crippen molar-refractivity contribution in [1.82, 2.24) is 4.98 Å². The van der Waals surface area contributed by atoms with Gasteiger partial charge in [-0.3, -0.25) is 4.79 Å². The number of carbonyl (C=O) groups excluding carboxylic acids is 1. The Morgan fingerprint density at radius 2 is 1.58 bits per heavy atom. The van der Waals surface area contributed by atoms with Gasteiger partial charge in [0.25, 0.3) is 5.91 Å². The molecule has 4 nitrogen and oxygen atoms in total. The Morgan fingerprint density at radius 1 is 0.875 bits per heavy atom. The highest BCUT2D eigenvalue weighted by Crippen LogP contribution is 2.16. The van der Waals surface area contributed by atoms with Gasteiger partial charge in [-0.2, -0.15) is 0 Å². The molecule has 0 radical (unpaired) electrons. The summed E-state index contributed by atoms with van der Waals surface area (Å²) in [6, 6.07) is 21.2. The van der Waals surface area contributed by atoms with Crippen LogP contribution >= 0.6 is 0 Å². The number of nitrogens with zero attached hydrogens (tertiary/aromatic N) is 1. The molecule has 0 fully saturated rings. The lowest BCUT2D eigenvalue weighted by Crippen LogP contribution is -2.13. The van der Waals surface area contributed by atoms with Gasteiger partial charge >= 0.3 is 0 Å². The van der Waals surface area contributed by atoms with Crippen LogP contribution in [0, 0.1) is 0 Å². The van der Waals surface area contributed by atoms with E-state index >= 15 is 0 Å². The topological polar surface area (TPSA) is 54.0 Å². The number of hydrogen-bond donors (Lipinski definition) is 2. The summed E-state index contributed by atoms with van der Waals surface area (Å²) in [7, 11) is 0. The van der Waals surface area contributed by atoms with Crippen molar-refractivity contribution in [3.05, 3.63) is 84.2 Å². The van der Waals surface area contributed by atoms with E-state index in [1.807, 2.05) is 60.7 Å². The minimum absolute atomic E-state index is 0.217. The molecule has 0 saturated carbocycles. The molecular weight excluding hydrogens is 298 g/mol. The van der Waals surface area contributed by atoms with Crippen molar-refractivity contribution in [3.63, 3.8) is 0 Å². The van der Waals surface area contributed by atoms with Crippen molar-refractivity contribution < 1.29 is 4.79 Å². The molecule has 4 heteroatoms. The van der Waals surface area contributed by atoms with Gasteiger partial charge in [-0.15, -0.1) is 0 Å². The molecule has 0 aliphatic rings. The Balaban J connectivity index is 1.64. The zero-order chi connectivity index (χ0) is 16.8. The molecule has 0 unspecified atom stereocenters. The van der Waals surface area contributed by atoms with E-state index in [9.17, 15) is 4.79 Å². The molecule has 3 rings (SSSR count). The molecule has 0 atom stereocenters. The summed E-state index contributed by atoms with van der Waals surface area (Å²) in [5.74, 6) is -0.217. The number of hydrogen-bond acceptors (Lipinski definition) is 3. The summed E-state index contributed by atoms with van der Waals surface area (Å²) in [6.07, 6.45) is 2.63. The maximum atomic E-state index is 12.2. The number of nitrogens with one attached hydrogen (secondary N) is 2. The smallest absolute Gasteiger partial charge is 0.274 e. The summed E-state index contributed by atoms with van der Waals surface area (Å²) in [5.41, 5.74) is 4.21. The third-order valence-electron chi connectivity index (χ3n) is 3.68. The average molecular weight is 317 g/mol. The van der Waals surface area contributed by atoms with Crippen LogP contribution in [-0.4, -0.2) is 10.9 Å². The third-order valence-corrected chi connectivity index (χ3v) is 3.68. The molecule has 0 aliphatic heterocycles. The predicted molar refractivity (Wildman–Crippen MR) is 97.7 cm³/mol. The number of aryl methyl sites for hydroxylation is 1. The van der Waals surface area contributed by atoms with E-state index in [2.05, 4.69) is 22.5 Å². The fourth-order valence-corrected chi connectivity index (χ4v) is 2.31. The first-order valence-electron chi connectivity index (χ1n) is 7.93. The van der Waals surface area contributed by atoms with Crippen LogP contribution in [0.3, 0.4) is 0 Å². The molecule has 2 N–H and O–H groups in total. The normalized spacial score (nSPS) is 10.2. The van der Waals surface area contributed by atoms with Crippen LogP contribution in [0.1, 0.15) is 23.0 Å².